The first kappa shape index (κ1) is 18.3. The summed E-state index contributed by atoms with van der Waals surface area (Å²) in [5, 5.41) is 6.72. The molecule has 0 aliphatic heterocycles. The second-order valence-electron chi connectivity index (χ2n) is 5.34. The standard InChI is InChI=1S/C17H30N4O/c1-4-6-7-9-15(3)21-17(19-5-2)20-12-13-22-16-10-8-11-18-14-16/h8,10-11,14-15H,4-7,9,12-13H2,1-3H3,(H2,19,20,21). The number of guanidine groups is 1. The number of nitrogens with zero attached hydrogens (tertiary/aromatic N) is 2. The summed E-state index contributed by atoms with van der Waals surface area (Å²) in [5.74, 6) is 1.64. The van der Waals surface area contributed by atoms with Gasteiger partial charge < -0.3 is 15.4 Å². The molecule has 0 aromatic carbocycles. The minimum absolute atomic E-state index is 0.434. The molecular weight excluding hydrogens is 276 g/mol. The number of pyridine rings is 1. The van der Waals surface area contributed by atoms with E-state index < -0.39 is 0 Å². The van der Waals surface area contributed by atoms with E-state index >= 15 is 0 Å². The van der Waals surface area contributed by atoms with Crippen LogP contribution in [0.3, 0.4) is 0 Å². The van der Waals surface area contributed by atoms with Crippen LogP contribution in [0.2, 0.25) is 0 Å². The second-order valence-corrected chi connectivity index (χ2v) is 5.34. The van der Waals surface area contributed by atoms with Crippen molar-refractivity contribution in [2.24, 2.45) is 4.99 Å². The van der Waals surface area contributed by atoms with Crippen LogP contribution in [-0.2, 0) is 0 Å². The van der Waals surface area contributed by atoms with Crippen LogP contribution in [0.1, 0.15) is 46.5 Å². The minimum Gasteiger partial charge on any atom is -0.490 e. The van der Waals surface area contributed by atoms with E-state index in [0.717, 1.165) is 18.3 Å². The van der Waals surface area contributed by atoms with E-state index in [-0.39, 0.29) is 0 Å². The summed E-state index contributed by atoms with van der Waals surface area (Å²) in [5.41, 5.74) is 0. The Morgan fingerprint density at radius 3 is 2.91 bits per heavy atom. The Hall–Kier alpha value is -1.78. The summed E-state index contributed by atoms with van der Waals surface area (Å²) in [4.78, 5) is 8.56. The van der Waals surface area contributed by atoms with Crippen molar-refractivity contribution >= 4 is 5.96 Å². The Labute approximate surface area is 134 Å². The zero-order chi connectivity index (χ0) is 16.0. The molecule has 0 radical (unpaired) electrons. The smallest absolute Gasteiger partial charge is 0.191 e. The van der Waals surface area contributed by atoms with Crippen LogP contribution in [0.5, 0.6) is 5.75 Å². The van der Waals surface area contributed by atoms with E-state index in [2.05, 4.69) is 41.4 Å². The molecule has 124 valence electrons. The van der Waals surface area contributed by atoms with Gasteiger partial charge in [0.2, 0.25) is 0 Å². The van der Waals surface area contributed by atoms with E-state index in [1.807, 2.05) is 12.1 Å². The van der Waals surface area contributed by atoms with Crippen molar-refractivity contribution in [2.45, 2.75) is 52.5 Å². The summed E-state index contributed by atoms with van der Waals surface area (Å²) in [7, 11) is 0. The molecule has 2 N–H and O–H groups in total. The van der Waals surface area contributed by atoms with Gasteiger partial charge in [0.25, 0.3) is 0 Å². The van der Waals surface area contributed by atoms with Gasteiger partial charge >= 0.3 is 0 Å². The largest absolute Gasteiger partial charge is 0.490 e. The summed E-state index contributed by atoms with van der Waals surface area (Å²) in [6.07, 6.45) is 8.42. The molecule has 5 heteroatoms. The number of nitrogens with one attached hydrogen (secondary N) is 2. The van der Waals surface area contributed by atoms with Crippen molar-refractivity contribution in [2.75, 3.05) is 19.7 Å². The van der Waals surface area contributed by atoms with Gasteiger partial charge in [-0.3, -0.25) is 4.98 Å². The number of aliphatic imine (C=N–C) groups is 1. The Morgan fingerprint density at radius 2 is 2.23 bits per heavy atom. The Balaban J connectivity index is 2.31. The molecule has 5 nitrogen and oxygen atoms in total. The molecule has 1 heterocycles. The molecule has 1 aromatic heterocycles. The highest BCUT2D eigenvalue weighted by atomic mass is 16.5. The molecule has 0 saturated heterocycles. The maximum absolute atomic E-state index is 5.59. The predicted molar refractivity (Wildman–Crippen MR) is 92.5 cm³/mol. The highest BCUT2D eigenvalue weighted by molar-refractivity contribution is 5.80. The fourth-order valence-electron chi connectivity index (χ4n) is 2.08. The molecule has 0 fully saturated rings. The van der Waals surface area contributed by atoms with Gasteiger partial charge in [-0.05, 0) is 32.4 Å². The van der Waals surface area contributed by atoms with Crippen molar-refractivity contribution < 1.29 is 4.74 Å². The monoisotopic (exact) mass is 306 g/mol. The average molecular weight is 306 g/mol. The van der Waals surface area contributed by atoms with E-state index in [1.54, 1.807) is 12.4 Å². The highest BCUT2D eigenvalue weighted by Gasteiger charge is 2.04. The normalized spacial score (nSPS) is 12.8. The van der Waals surface area contributed by atoms with E-state index in [0.29, 0.717) is 19.2 Å². The lowest BCUT2D eigenvalue weighted by atomic mass is 10.1. The van der Waals surface area contributed by atoms with Crippen LogP contribution >= 0.6 is 0 Å². The molecule has 1 atom stereocenters. The Morgan fingerprint density at radius 1 is 1.36 bits per heavy atom. The molecule has 0 aliphatic rings. The lowest BCUT2D eigenvalue weighted by Gasteiger charge is -2.17. The Bertz CT molecular complexity index is 408. The van der Waals surface area contributed by atoms with Crippen LogP contribution in [0.4, 0.5) is 0 Å². The maximum Gasteiger partial charge on any atom is 0.191 e. The van der Waals surface area contributed by atoms with Gasteiger partial charge in [0.05, 0.1) is 12.7 Å². The van der Waals surface area contributed by atoms with Crippen LogP contribution in [-0.4, -0.2) is 36.7 Å². The molecular formula is C17H30N4O. The molecule has 0 amide bonds. The number of rotatable bonds is 10. The minimum atomic E-state index is 0.434. The maximum atomic E-state index is 5.59. The summed E-state index contributed by atoms with van der Waals surface area (Å²) in [6, 6.07) is 4.20. The van der Waals surface area contributed by atoms with Crippen molar-refractivity contribution in [1.82, 2.24) is 15.6 Å². The molecule has 0 saturated carbocycles. The van der Waals surface area contributed by atoms with Crippen LogP contribution in [0.25, 0.3) is 0 Å². The number of hydrogen-bond donors (Lipinski definition) is 2. The van der Waals surface area contributed by atoms with E-state index in [4.69, 9.17) is 4.74 Å². The SMILES string of the molecule is CCCCCC(C)NC(=NCCOc1cccnc1)NCC. The van der Waals surface area contributed by atoms with Crippen molar-refractivity contribution in [3.8, 4) is 5.75 Å². The summed E-state index contributed by atoms with van der Waals surface area (Å²) < 4.78 is 5.59. The fourth-order valence-corrected chi connectivity index (χ4v) is 2.08. The first-order valence-corrected chi connectivity index (χ1v) is 8.34. The highest BCUT2D eigenvalue weighted by Crippen LogP contribution is 2.05. The first-order valence-electron chi connectivity index (χ1n) is 8.34. The van der Waals surface area contributed by atoms with Crippen LogP contribution in [0.15, 0.2) is 29.5 Å². The molecule has 1 unspecified atom stereocenters. The number of unbranched alkanes of at least 4 members (excludes halogenated alkanes) is 2. The van der Waals surface area contributed by atoms with Gasteiger partial charge in [0.15, 0.2) is 5.96 Å². The molecule has 1 aromatic rings. The average Bonchev–Trinajstić information content (AvgIpc) is 2.53. The van der Waals surface area contributed by atoms with Gasteiger partial charge in [-0.2, -0.15) is 0 Å². The number of aromatic nitrogens is 1. The van der Waals surface area contributed by atoms with Gasteiger partial charge in [0, 0.05) is 18.8 Å². The number of ether oxygens (including phenoxy) is 1. The van der Waals surface area contributed by atoms with E-state index in [9.17, 15) is 0 Å². The van der Waals surface area contributed by atoms with Crippen molar-refractivity contribution in [3.63, 3.8) is 0 Å². The third-order valence-corrected chi connectivity index (χ3v) is 3.23. The van der Waals surface area contributed by atoms with E-state index in [1.165, 1.54) is 25.7 Å². The van der Waals surface area contributed by atoms with Gasteiger partial charge in [0.1, 0.15) is 12.4 Å². The van der Waals surface area contributed by atoms with Crippen molar-refractivity contribution in [3.05, 3.63) is 24.5 Å². The van der Waals surface area contributed by atoms with Crippen LogP contribution in [0, 0.1) is 0 Å². The summed E-state index contributed by atoms with van der Waals surface area (Å²) in [6.45, 7) is 8.53. The quantitative estimate of drug-likeness (QED) is 0.396. The third kappa shape index (κ3) is 8.49. The van der Waals surface area contributed by atoms with Gasteiger partial charge in [-0.25, -0.2) is 4.99 Å². The second kappa shape index (κ2) is 11.8. The topological polar surface area (TPSA) is 58.5 Å². The lowest BCUT2D eigenvalue weighted by Crippen LogP contribution is -2.42. The number of hydrogen-bond acceptors (Lipinski definition) is 3. The third-order valence-electron chi connectivity index (χ3n) is 3.23. The van der Waals surface area contributed by atoms with Gasteiger partial charge in [-0.1, -0.05) is 26.2 Å². The molecule has 0 spiro atoms. The molecule has 22 heavy (non-hydrogen) atoms. The zero-order valence-electron chi connectivity index (χ0n) is 14.1. The summed E-state index contributed by atoms with van der Waals surface area (Å²) >= 11 is 0. The van der Waals surface area contributed by atoms with Gasteiger partial charge in [-0.15, -0.1) is 0 Å². The molecule has 0 bridgehead atoms. The molecule has 1 rings (SSSR count). The lowest BCUT2D eigenvalue weighted by molar-refractivity contribution is 0.327. The zero-order valence-corrected chi connectivity index (χ0v) is 14.1. The van der Waals surface area contributed by atoms with Crippen molar-refractivity contribution in [1.29, 1.82) is 0 Å². The first-order chi connectivity index (χ1) is 10.8. The fraction of sp³-hybridized carbons (Fsp3) is 0.647. The Kier molecular flexibility index (Phi) is 9.83. The molecule has 0 aliphatic carbocycles. The van der Waals surface area contributed by atoms with Crippen LogP contribution < -0.4 is 15.4 Å². The predicted octanol–water partition coefficient (Wildman–Crippen LogP) is 2.98.